The molecular weight excluding hydrogens is 342 g/mol. The van der Waals surface area contributed by atoms with Crippen LogP contribution in [0.3, 0.4) is 0 Å². The van der Waals surface area contributed by atoms with E-state index in [0.29, 0.717) is 23.5 Å². The van der Waals surface area contributed by atoms with Crippen molar-refractivity contribution in [2.24, 2.45) is 0 Å². The van der Waals surface area contributed by atoms with Gasteiger partial charge in [-0.15, -0.1) is 11.8 Å². The lowest BCUT2D eigenvalue weighted by Crippen LogP contribution is -2.34. The molecule has 1 aliphatic heterocycles. The Kier molecular flexibility index (Phi) is 5.23. The molecule has 0 unspecified atom stereocenters. The molecule has 7 heteroatoms. The maximum atomic E-state index is 12.5. The molecule has 5 nitrogen and oxygen atoms in total. The van der Waals surface area contributed by atoms with Gasteiger partial charge in [-0.2, -0.15) is 11.3 Å². The molecule has 0 saturated carbocycles. The van der Waals surface area contributed by atoms with Gasteiger partial charge in [-0.3, -0.25) is 9.59 Å². The quantitative estimate of drug-likeness (QED) is 0.860. The molecule has 2 aromatic rings. The SMILES string of the molecule is CN(C)[C@H](CNC(=O)c1ccc2c(c1)NC(=O)CS2)c1ccsc1. The minimum Gasteiger partial charge on any atom is -0.350 e. The summed E-state index contributed by atoms with van der Waals surface area (Å²) in [4.78, 5) is 27.0. The van der Waals surface area contributed by atoms with Gasteiger partial charge in [-0.25, -0.2) is 0 Å². The Balaban J connectivity index is 1.68. The molecule has 0 spiro atoms. The predicted octanol–water partition coefficient (Wildman–Crippen LogP) is 2.83. The van der Waals surface area contributed by atoms with Crippen molar-refractivity contribution < 1.29 is 9.59 Å². The summed E-state index contributed by atoms with van der Waals surface area (Å²) in [6, 6.07) is 7.63. The van der Waals surface area contributed by atoms with E-state index in [1.165, 1.54) is 17.3 Å². The molecule has 0 radical (unpaired) electrons. The number of nitrogens with one attached hydrogen (secondary N) is 2. The van der Waals surface area contributed by atoms with E-state index in [0.717, 1.165) is 4.90 Å². The van der Waals surface area contributed by atoms with Crippen molar-refractivity contribution in [3.05, 3.63) is 46.2 Å². The number of hydrogen-bond donors (Lipinski definition) is 2. The fourth-order valence-corrected chi connectivity index (χ4v) is 4.07. The number of benzene rings is 1. The van der Waals surface area contributed by atoms with Crippen molar-refractivity contribution in [2.45, 2.75) is 10.9 Å². The molecule has 126 valence electrons. The topological polar surface area (TPSA) is 61.4 Å². The number of carbonyl (C=O) groups is 2. The first-order valence-electron chi connectivity index (χ1n) is 7.58. The number of rotatable bonds is 5. The van der Waals surface area contributed by atoms with Crippen LogP contribution in [-0.2, 0) is 4.79 Å². The van der Waals surface area contributed by atoms with Crippen LogP contribution in [-0.4, -0.2) is 43.1 Å². The smallest absolute Gasteiger partial charge is 0.251 e. The number of likely N-dealkylation sites (N-methyl/N-ethyl adjacent to an activating group) is 1. The molecular formula is C17H19N3O2S2. The second-order valence-electron chi connectivity index (χ2n) is 5.79. The minimum absolute atomic E-state index is 0.0322. The summed E-state index contributed by atoms with van der Waals surface area (Å²) in [5.74, 6) is 0.254. The van der Waals surface area contributed by atoms with Gasteiger partial charge < -0.3 is 15.5 Å². The first kappa shape index (κ1) is 17.0. The molecule has 1 aliphatic rings. The molecule has 2 amide bonds. The highest BCUT2D eigenvalue weighted by Crippen LogP contribution is 2.32. The third-order valence-corrected chi connectivity index (χ3v) is 5.66. The van der Waals surface area contributed by atoms with Crippen molar-refractivity contribution >= 4 is 40.6 Å². The molecule has 0 saturated heterocycles. The fraction of sp³-hybridized carbons (Fsp3) is 0.294. The number of hydrogen-bond acceptors (Lipinski definition) is 5. The van der Waals surface area contributed by atoms with E-state index in [9.17, 15) is 9.59 Å². The third kappa shape index (κ3) is 3.80. The van der Waals surface area contributed by atoms with E-state index in [4.69, 9.17) is 0 Å². The third-order valence-electron chi connectivity index (χ3n) is 3.88. The van der Waals surface area contributed by atoms with E-state index in [1.54, 1.807) is 23.5 Å². The maximum Gasteiger partial charge on any atom is 0.251 e. The van der Waals surface area contributed by atoms with Crippen LogP contribution in [0, 0.1) is 0 Å². The van der Waals surface area contributed by atoms with Gasteiger partial charge in [0.05, 0.1) is 17.5 Å². The summed E-state index contributed by atoms with van der Waals surface area (Å²) in [5.41, 5.74) is 2.46. The number of amides is 2. The van der Waals surface area contributed by atoms with E-state index >= 15 is 0 Å². The summed E-state index contributed by atoms with van der Waals surface area (Å²) in [7, 11) is 4.00. The summed E-state index contributed by atoms with van der Waals surface area (Å²) in [6.45, 7) is 0.529. The van der Waals surface area contributed by atoms with E-state index in [1.807, 2.05) is 25.5 Å². The zero-order chi connectivity index (χ0) is 17.1. The lowest BCUT2D eigenvalue weighted by atomic mass is 10.1. The van der Waals surface area contributed by atoms with Crippen LogP contribution < -0.4 is 10.6 Å². The molecule has 3 rings (SSSR count). The molecule has 24 heavy (non-hydrogen) atoms. The Morgan fingerprint density at radius 3 is 2.92 bits per heavy atom. The highest BCUT2D eigenvalue weighted by Gasteiger charge is 2.19. The Hall–Kier alpha value is -1.83. The van der Waals surface area contributed by atoms with Gasteiger partial charge in [0.15, 0.2) is 0 Å². The minimum atomic E-state index is -0.135. The van der Waals surface area contributed by atoms with Crippen LogP contribution in [0.1, 0.15) is 22.0 Å². The molecule has 2 N–H and O–H groups in total. The van der Waals surface area contributed by atoms with Crippen LogP contribution in [0.15, 0.2) is 39.9 Å². The number of thioether (sulfide) groups is 1. The largest absolute Gasteiger partial charge is 0.350 e. The molecule has 2 heterocycles. The first-order chi connectivity index (χ1) is 11.5. The van der Waals surface area contributed by atoms with Crippen LogP contribution in [0.4, 0.5) is 5.69 Å². The predicted molar refractivity (Wildman–Crippen MR) is 98.9 cm³/mol. The molecule has 0 aliphatic carbocycles. The average molecular weight is 361 g/mol. The maximum absolute atomic E-state index is 12.5. The Bertz CT molecular complexity index is 744. The van der Waals surface area contributed by atoms with Gasteiger partial charge in [0, 0.05) is 17.0 Å². The molecule has 0 fully saturated rings. The van der Waals surface area contributed by atoms with Crippen molar-refractivity contribution in [3.63, 3.8) is 0 Å². The molecule has 1 aromatic heterocycles. The summed E-state index contributed by atoms with van der Waals surface area (Å²) >= 11 is 3.14. The zero-order valence-electron chi connectivity index (χ0n) is 13.5. The highest BCUT2D eigenvalue weighted by atomic mass is 32.2. The zero-order valence-corrected chi connectivity index (χ0v) is 15.2. The highest BCUT2D eigenvalue weighted by molar-refractivity contribution is 8.00. The lowest BCUT2D eigenvalue weighted by molar-refractivity contribution is -0.113. The second-order valence-corrected chi connectivity index (χ2v) is 7.59. The molecule has 1 aromatic carbocycles. The van der Waals surface area contributed by atoms with Crippen molar-refractivity contribution in [3.8, 4) is 0 Å². The number of fused-ring (bicyclic) bond motifs is 1. The fourth-order valence-electron chi connectivity index (χ4n) is 2.58. The number of thiophene rings is 1. The van der Waals surface area contributed by atoms with Gasteiger partial charge in [-0.1, -0.05) is 0 Å². The number of carbonyl (C=O) groups excluding carboxylic acids is 2. The Morgan fingerprint density at radius 1 is 1.38 bits per heavy atom. The van der Waals surface area contributed by atoms with Crippen molar-refractivity contribution in [1.82, 2.24) is 10.2 Å². The number of anilines is 1. The lowest BCUT2D eigenvalue weighted by Gasteiger charge is -2.24. The van der Waals surface area contributed by atoms with Gasteiger partial charge in [0.2, 0.25) is 5.91 Å². The Labute approximate surface area is 149 Å². The van der Waals surface area contributed by atoms with Gasteiger partial charge in [0.1, 0.15) is 0 Å². The molecule has 1 atom stereocenters. The average Bonchev–Trinajstić information content (AvgIpc) is 3.08. The van der Waals surface area contributed by atoms with Crippen LogP contribution in [0.25, 0.3) is 0 Å². The van der Waals surface area contributed by atoms with Crippen LogP contribution in [0.5, 0.6) is 0 Å². The van der Waals surface area contributed by atoms with Crippen molar-refractivity contribution in [1.29, 1.82) is 0 Å². The van der Waals surface area contributed by atoms with Crippen LogP contribution >= 0.6 is 23.1 Å². The first-order valence-corrected chi connectivity index (χ1v) is 9.51. The standard InChI is InChI=1S/C17H19N3O2S2/c1-20(2)14(12-5-6-23-9-12)8-18-17(22)11-3-4-15-13(7-11)19-16(21)10-24-15/h3-7,9,14H,8,10H2,1-2H3,(H,18,22)(H,19,21)/t14-/m1/s1. The van der Waals surface area contributed by atoms with E-state index < -0.39 is 0 Å². The van der Waals surface area contributed by atoms with Gasteiger partial charge >= 0.3 is 0 Å². The normalized spacial score (nSPS) is 14.9. The summed E-state index contributed by atoms with van der Waals surface area (Å²) in [5, 5.41) is 9.94. The van der Waals surface area contributed by atoms with E-state index in [-0.39, 0.29) is 17.9 Å². The molecule has 0 bridgehead atoms. The van der Waals surface area contributed by atoms with Gasteiger partial charge in [0.25, 0.3) is 5.91 Å². The number of nitrogens with zero attached hydrogens (tertiary/aromatic N) is 1. The Morgan fingerprint density at radius 2 is 2.21 bits per heavy atom. The second kappa shape index (κ2) is 7.38. The van der Waals surface area contributed by atoms with Crippen LogP contribution in [0.2, 0.25) is 0 Å². The van der Waals surface area contributed by atoms with E-state index in [2.05, 4.69) is 27.0 Å². The van der Waals surface area contributed by atoms with Gasteiger partial charge in [-0.05, 0) is 54.7 Å². The summed E-state index contributed by atoms with van der Waals surface area (Å²) < 4.78 is 0. The van der Waals surface area contributed by atoms with Crippen molar-refractivity contribution in [2.75, 3.05) is 31.7 Å². The summed E-state index contributed by atoms with van der Waals surface area (Å²) in [6.07, 6.45) is 0. The monoisotopic (exact) mass is 361 g/mol.